The summed E-state index contributed by atoms with van der Waals surface area (Å²) in [5.41, 5.74) is 2.39. The van der Waals surface area contributed by atoms with Crippen molar-refractivity contribution in [1.29, 1.82) is 0 Å². The lowest BCUT2D eigenvalue weighted by Crippen LogP contribution is -2.51. The summed E-state index contributed by atoms with van der Waals surface area (Å²) in [4.78, 5) is 16.6. The van der Waals surface area contributed by atoms with Crippen molar-refractivity contribution < 1.29 is 9.53 Å². The molecule has 0 N–H and O–H groups in total. The van der Waals surface area contributed by atoms with E-state index < -0.39 is 0 Å². The van der Waals surface area contributed by atoms with Gasteiger partial charge in [0.25, 0.3) is 5.91 Å². The van der Waals surface area contributed by atoms with Gasteiger partial charge < -0.3 is 14.5 Å². The molecule has 0 radical (unpaired) electrons. The molecule has 0 aromatic heterocycles. The third-order valence-electron chi connectivity index (χ3n) is 4.31. The van der Waals surface area contributed by atoms with Crippen molar-refractivity contribution in [1.82, 2.24) is 4.90 Å². The van der Waals surface area contributed by atoms with Gasteiger partial charge in [0, 0.05) is 43.5 Å². The molecule has 3 rings (SSSR count). The van der Waals surface area contributed by atoms with E-state index in [0.717, 1.165) is 50.7 Å². The summed E-state index contributed by atoms with van der Waals surface area (Å²) < 4.78 is 5.49. The third-order valence-corrected chi connectivity index (χ3v) is 4.54. The molecule has 2 saturated heterocycles. The first-order valence-electron chi connectivity index (χ1n) is 7.56. The summed E-state index contributed by atoms with van der Waals surface area (Å²) in [5.74, 6) is 0.162. The van der Waals surface area contributed by atoms with Crippen LogP contribution < -0.4 is 4.90 Å². The first-order chi connectivity index (χ1) is 10.1. The molecule has 0 spiro atoms. The molecule has 1 aromatic rings. The van der Waals surface area contributed by atoms with Crippen LogP contribution in [0.4, 0.5) is 5.69 Å². The molecule has 21 heavy (non-hydrogen) atoms. The molecule has 1 aromatic carbocycles. The summed E-state index contributed by atoms with van der Waals surface area (Å²) in [6, 6.07) is 5.97. The summed E-state index contributed by atoms with van der Waals surface area (Å²) in [6.45, 7) is 6.02. The van der Waals surface area contributed by atoms with Crippen LogP contribution in [0.25, 0.3) is 0 Å². The highest BCUT2D eigenvalue weighted by Crippen LogP contribution is 2.25. The van der Waals surface area contributed by atoms with E-state index in [4.69, 9.17) is 16.3 Å². The highest BCUT2D eigenvalue weighted by atomic mass is 35.5. The van der Waals surface area contributed by atoms with Crippen LogP contribution in [0.3, 0.4) is 0 Å². The first kappa shape index (κ1) is 14.7. The summed E-state index contributed by atoms with van der Waals surface area (Å²) in [6.07, 6.45) is 1.66. The van der Waals surface area contributed by atoms with Gasteiger partial charge in [-0.2, -0.15) is 0 Å². The van der Waals surface area contributed by atoms with Crippen LogP contribution >= 0.6 is 11.6 Å². The molecule has 2 aliphatic heterocycles. The Morgan fingerprint density at radius 1 is 1.29 bits per heavy atom. The minimum absolute atomic E-state index is 0.162. The van der Waals surface area contributed by atoms with Gasteiger partial charge in [0.15, 0.2) is 0 Å². The van der Waals surface area contributed by atoms with Crippen LogP contribution in [0.15, 0.2) is 18.2 Å². The molecule has 114 valence electrons. The number of carbonyl (C=O) groups excluding carboxylic acids is 1. The van der Waals surface area contributed by atoms with Crippen LogP contribution in [-0.2, 0) is 9.53 Å². The fourth-order valence-corrected chi connectivity index (χ4v) is 3.23. The third kappa shape index (κ3) is 3.16. The number of carbonyl (C=O) groups is 1. The van der Waals surface area contributed by atoms with Crippen molar-refractivity contribution >= 4 is 23.2 Å². The Balaban J connectivity index is 1.62. The standard InChI is InChI=1S/C16H21ClN2O2/c1-12-4-5-13(17)11-14(12)18-6-8-19(9-7-18)16(20)15-3-2-10-21-15/h4-5,11,15H,2-3,6-10H2,1H3. The minimum atomic E-state index is -0.204. The van der Waals surface area contributed by atoms with Crippen LogP contribution in [0.5, 0.6) is 0 Å². The molecule has 5 heteroatoms. The van der Waals surface area contributed by atoms with Crippen molar-refractivity contribution in [2.45, 2.75) is 25.9 Å². The Hall–Kier alpha value is -1.26. The smallest absolute Gasteiger partial charge is 0.251 e. The van der Waals surface area contributed by atoms with Gasteiger partial charge in [0.05, 0.1) is 0 Å². The van der Waals surface area contributed by atoms with Gasteiger partial charge in [-0.1, -0.05) is 17.7 Å². The highest BCUT2D eigenvalue weighted by Gasteiger charge is 2.30. The van der Waals surface area contributed by atoms with Crippen molar-refractivity contribution in [3.63, 3.8) is 0 Å². The zero-order chi connectivity index (χ0) is 14.8. The zero-order valence-corrected chi connectivity index (χ0v) is 13.1. The Kier molecular flexibility index (Phi) is 4.36. The number of nitrogens with zero attached hydrogens (tertiary/aromatic N) is 2. The van der Waals surface area contributed by atoms with E-state index in [1.807, 2.05) is 23.1 Å². The topological polar surface area (TPSA) is 32.8 Å². The van der Waals surface area contributed by atoms with Crippen molar-refractivity contribution in [2.24, 2.45) is 0 Å². The molecule has 1 unspecified atom stereocenters. The Morgan fingerprint density at radius 2 is 2.05 bits per heavy atom. The number of anilines is 1. The molecule has 0 bridgehead atoms. The number of hydrogen-bond donors (Lipinski definition) is 0. The average molecular weight is 309 g/mol. The lowest BCUT2D eigenvalue weighted by atomic mass is 10.1. The number of halogens is 1. The van der Waals surface area contributed by atoms with E-state index in [9.17, 15) is 4.79 Å². The maximum atomic E-state index is 12.3. The molecular weight excluding hydrogens is 288 g/mol. The second-order valence-electron chi connectivity index (χ2n) is 5.74. The van der Waals surface area contributed by atoms with Gasteiger partial charge in [0.2, 0.25) is 0 Å². The van der Waals surface area contributed by atoms with Crippen LogP contribution in [-0.4, -0.2) is 49.7 Å². The fraction of sp³-hybridized carbons (Fsp3) is 0.562. The second-order valence-corrected chi connectivity index (χ2v) is 6.18. The zero-order valence-electron chi connectivity index (χ0n) is 12.3. The quantitative estimate of drug-likeness (QED) is 0.841. The largest absolute Gasteiger partial charge is 0.368 e. The maximum absolute atomic E-state index is 12.3. The summed E-state index contributed by atoms with van der Waals surface area (Å²) in [7, 11) is 0. The van der Waals surface area contributed by atoms with E-state index in [1.165, 1.54) is 11.3 Å². The number of rotatable bonds is 2. The van der Waals surface area contributed by atoms with Gasteiger partial charge in [-0.3, -0.25) is 4.79 Å². The Bertz CT molecular complexity index is 521. The van der Waals surface area contributed by atoms with Crippen molar-refractivity contribution in [3.8, 4) is 0 Å². The predicted molar refractivity (Wildman–Crippen MR) is 84.0 cm³/mol. The fourth-order valence-electron chi connectivity index (χ4n) is 3.07. The second kappa shape index (κ2) is 6.24. The lowest BCUT2D eigenvalue weighted by molar-refractivity contribution is -0.141. The molecule has 0 saturated carbocycles. The highest BCUT2D eigenvalue weighted by molar-refractivity contribution is 6.30. The van der Waals surface area contributed by atoms with Gasteiger partial charge in [0.1, 0.15) is 6.10 Å². The first-order valence-corrected chi connectivity index (χ1v) is 7.94. The number of aryl methyl sites for hydroxylation is 1. The van der Waals surface area contributed by atoms with Crippen LogP contribution in [0.2, 0.25) is 5.02 Å². The Morgan fingerprint density at radius 3 is 2.71 bits per heavy atom. The number of amides is 1. The molecule has 1 atom stereocenters. The van der Waals surface area contributed by atoms with Crippen molar-refractivity contribution in [2.75, 3.05) is 37.7 Å². The number of benzene rings is 1. The number of hydrogen-bond acceptors (Lipinski definition) is 3. The molecule has 4 nitrogen and oxygen atoms in total. The normalized spacial score (nSPS) is 22.7. The van der Waals surface area contributed by atoms with E-state index in [2.05, 4.69) is 11.8 Å². The monoisotopic (exact) mass is 308 g/mol. The van der Waals surface area contributed by atoms with Gasteiger partial charge in [-0.05, 0) is 37.5 Å². The van der Waals surface area contributed by atoms with Gasteiger partial charge in [-0.25, -0.2) is 0 Å². The molecule has 2 heterocycles. The minimum Gasteiger partial charge on any atom is -0.368 e. The molecule has 2 aliphatic rings. The maximum Gasteiger partial charge on any atom is 0.251 e. The van der Waals surface area contributed by atoms with Gasteiger partial charge >= 0.3 is 0 Å². The Labute approximate surface area is 130 Å². The van der Waals surface area contributed by atoms with E-state index in [-0.39, 0.29) is 12.0 Å². The summed E-state index contributed by atoms with van der Waals surface area (Å²) in [5, 5.41) is 0.758. The molecule has 1 amide bonds. The van der Waals surface area contributed by atoms with E-state index in [0.29, 0.717) is 0 Å². The van der Waals surface area contributed by atoms with Gasteiger partial charge in [-0.15, -0.1) is 0 Å². The van der Waals surface area contributed by atoms with E-state index in [1.54, 1.807) is 0 Å². The SMILES string of the molecule is Cc1ccc(Cl)cc1N1CCN(C(=O)C2CCCO2)CC1. The van der Waals surface area contributed by atoms with Crippen LogP contribution in [0.1, 0.15) is 18.4 Å². The number of piperazine rings is 1. The average Bonchev–Trinajstić information content (AvgIpc) is 3.03. The van der Waals surface area contributed by atoms with Crippen molar-refractivity contribution in [3.05, 3.63) is 28.8 Å². The lowest BCUT2D eigenvalue weighted by Gasteiger charge is -2.37. The molecule has 2 fully saturated rings. The van der Waals surface area contributed by atoms with Crippen LogP contribution in [0, 0.1) is 6.92 Å². The summed E-state index contributed by atoms with van der Waals surface area (Å²) >= 11 is 6.09. The van der Waals surface area contributed by atoms with E-state index >= 15 is 0 Å². The number of ether oxygens (including phenoxy) is 1. The predicted octanol–water partition coefficient (Wildman–Crippen LogP) is 2.48. The molecular formula is C16H21ClN2O2. The molecule has 0 aliphatic carbocycles.